The van der Waals surface area contributed by atoms with Crippen molar-refractivity contribution >= 4 is 41.9 Å². The molecule has 0 saturated heterocycles. The molecular formula is C23H30Cl2N4O5. The summed E-state index contributed by atoms with van der Waals surface area (Å²) in [6, 6.07) is 6.30. The predicted octanol–water partition coefficient (Wildman–Crippen LogP) is 3.28. The summed E-state index contributed by atoms with van der Waals surface area (Å²) in [6.07, 6.45) is 0.386. The topological polar surface area (TPSA) is 120 Å². The van der Waals surface area contributed by atoms with Crippen LogP contribution in [-0.2, 0) is 26.4 Å². The smallest absolute Gasteiger partial charge is 0.504 e. The molecule has 4 N–H and O–H groups in total. The van der Waals surface area contributed by atoms with Crippen LogP contribution in [0.15, 0.2) is 23.0 Å². The molecular weight excluding hydrogens is 483 g/mol. The molecule has 1 aliphatic rings. The molecule has 2 aromatic heterocycles. The summed E-state index contributed by atoms with van der Waals surface area (Å²) in [6.45, 7) is 2.59. The number of aryl methyl sites for hydroxylation is 2. The third-order valence-electron chi connectivity index (χ3n) is 5.99. The monoisotopic (exact) mass is 512 g/mol. The number of ether oxygens (including phenoxy) is 1. The minimum Gasteiger partial charge on any atom is -0.504 e. The van der Waals surface area contributed by atoms with E-state index < -0.39 is 23.2 Å². The molecule has 11 heteroatoms. The lowest BCUT2D eigenvalue weighted by molar-refractivity contribution is 0.142. The highest BCUT2D eigenvalue weighted by molar-refractivity contribution is 5.89. The van der Waals surface area contributed by atoms with Gasteiger partial charge in [0.1, 0.15) is 0 Å². The lowest BCUT2D eigenvalue weighted by Gasteiger charge is -2.13. The van der Waals surface area contributed by atoms with Crippen molar-refractivity contribution in [2.75, 3.05) is 27.2 Å². The zero-order chi connectivity index (χ0) is 23.0. The molecule has 0 fully saturated rings. The summed E-state index contributed by atoms with van der Waals surface area (Å²) < 4.78 is 6.71. The summed E-state index contributed by atoms with van der Waals surface area (Å²) >= 11 is 0. The second kappa shape index (κ2) is 11.1. The van der Waals surface area contributed by atoms with Gasteiger partial charge in [0.05, 0.1) is 5.69 Å². The number of H-pyrrole nitrogens is 1. The van der Waals surface area contributed by atoms with E-state index in [9.17, 15) is 14.7 Å². The van der Waals surface area contributed by atoms with Gasteiger partial charge in [0.15, 0.2) is 5.75 Å². The second-order valence-electron chi connectivity index (χ2n) is 8.45. The first kappa shape index (κ1) is 27.5. The van der Waals surface area contributed by atoms with Crippen molar-refractivity contribution in [3.63, 3.8) is 0 Å². The van der Waals surface area contributed by atoms with Crippen LogP contribution in [0.5, 0.6) is 11.5 Å². The van der Waals surface area contributed by atoms with Crippen LogP contribution >= 0.6 is 24.8 Å². The van der Waals surface area contributed by atoms with Gasteiger partial charge in [-0.1, -0.05) is 0 Å². The van der Waals surface area contributed by atoms with Crippen molar-refractivity contribution < 1.29 is 19.7 Å². The van der Waals surface area contributed by atoms with Crippen molar-refractivity contribution in [2.24, 2.45) is 7.05 Å². The van der Waals surface area contributed by atoms with Gasteiger partial charge in [-0.05, 0) is 57.1 Å². The number of hydrogen-bond donors (Lipinski definition) is 4. The number of halogens is 2. The quantitative estimate of drug-likeness (QED) is 0.295. The Morgan fingerprint density at radius 3 is 2.65 bits per heavy atom. The van der Waals surface area contributed by atoms with E-state index in [0.29, 0.717) is 17.7 Å². The molecule has 1 aliphatic carbocycles. The van der Waals surface area contributed by atoms with Gasteiger partial charge in [-0.3, -0.25) is 4.79 Å². The number of fused-ring (bicyclic) bond motifs is 4. The van der Waals surface area contributed by atoms with Gasteiger partial charge in [0.2, 0.25) is 5.75 Å². The van der Waals surface area contributed by atoms with Gasteiger partial charge < -0.3 is 34.7 Å². The van der Waals surface area contributed by atoms with Crippen LogP contribution in [0, 0.1) is 0 Å². The number of aromatic hydroxyl groups is 1. The molecule has 9 nitrogen and oxygen atoms in total. The average molecular weight is 513 g/mol. The third-order valence-corrected chi connectivity index (χ3v) is 5.99. The van der Waals surface area contributed by atoms with Crippen LogP contribution in [0.25, 0.3) is 22.2 Å². The van der Waals surface area contributed by atoms with Gasteiger partial charge in [-0.15, -0.1) is 24.8 Å². The molecule has 34 heavy (non-hydrogen) atoms. The number of benzene rings is 1. The molecule has 0 atom stereocenters. The molecule has 0 aliphatic heterocycles. The lowest BCUT2D eigenvalue weighted by atomic mass is 9.99. The highest BCUT2D eigenvalue weighted by Crippen LogP contribution is 2.40. The standard InChI is InChI=1S/C23H28N4O5.2ClH/c1-26(2)8-7-24-12-15-9-14-10-17-13(11-18(14)27(15)3)5-4-6-16-19(17)25-22(29)21(20(16)28)32-23(30)31;;/h9-11,24H,4-8,12H2,1-3H3,(H,30,31)(H2,25,28,29);2*1H. The zero-order valence-electron chi connectivity index (χ0n) is 19.3. The molecule has 2 heterocycles. The summed E-state index contributed by atoms with van der Waals surface area (Å²) in [5, 5.41) is 24.0. The number of likely N-dealkylation sites (N-methyl/N-ethyl adjacent to an activating group) is 1. The first-order valence-corrected chi connectivity index (χ1v) is 10.6. The van der Waals surface area contributed by atoms with Crippen LogP contribution in [0.3, 0.4) is 0 Å². The fourth-order valence-electron chi connectivity index (χ4n) is 4.33. The molecule has 0 spiro atoms. The maximum atomic E-state index is 12.5. The Morgan fingerprint density at radius 1 is 1.24 bits per heavy atom. The first-order valence-electron chi connectivity index (χ1n) is 10.6. The molecule has 186 valence electrons. The minimum atomic E-state index is -1.64. The molecule has 0 unspecified atom stereocenters. The molecule has 0 saturated carbocycles. The van der Waals surface area contributed by atoms with E-state index >= 15 is 0 Å². The number of carboxylic acid groups (broad SMARTS) is 1. The van der Waals surface area contributed by atoms with E-state index in [2.05, 4.69) is 36.6 Å². The van der Waals surface area contributed by atoms with E-state index in [-0.39, 0.29) is 24.8 Å². The highest BCUT2D eigenvalue weighted by atomic mass is 35.5. The van der Waals surface area contributed by atoms with E-state index in [1.165, 1.54) is 0 Å². The van der Waals surface area contributed by atoms with Crippen molar-refractivity contribution in [1.29, 1.82) is 0 Å². The minimum absolute atomic E-state index is 0. The van der Waals surface area contributed by atoms with Crippen LogP contribution in [0.1, 0.15) is 23.2 Å². The van der Waals surface area contributed by atoms with E-state index in [0.717, 1.165) is 60.2 Å². The number of aromatic amines is 1. The lowest BCUT2D eigenvalue weighted by Crippen LogP contribution is -2.26. The van der Waals surface area contributed by atoms with Gasteiger partial charge in [-0.2, -0.15) is 0 Å². The highest BCUT2D eigenvalue weighted by Gasteiger charge is 2.25. The fourth-order valence-corrected chi connectivity index (χ4v) is 4.33. The Balaban J connectivity index is 0.00000204. The van der Waals surface area contributed by atoms with Crippen molar-refractivity contribution in [3.05, 3.63) is 45.4 Å². The number of rotatable bonds is 6. The van der Waals surface area contributed by atoms with E-state index in [4.69, 9.17) is 5.11 Å². The zero-order valence-corrected chi connectivity index (χ0v) is 20.9. The SMILES string of the molecule is CN(C)CCNCc1cc2cc3c(cc2n1C)CCCc1c-3[nH]c(=O)c(OC(=O)O)c1O.Cl.Cl. The van der Waals surface area contributed by atoms with Gasteiger partial charge >= 0.3 is 6.16 Å². The van der Waals surface area contributed by atoms with Crippen molar-refractivity contribution in [3.8, 4) is 22.8 Å². The normalized spacial score (nSPS) is 12.4. The number of nitrogens with zero attached hydrogens (tertiary/aromatic N) is 2. The fraction of sp³-hybridized carbons (Fsp3) is 0.391. The average Bonchev–Trinajstić information content (AvgIpc) is 2.92. The van der Waals surface area contributed by atoms with Crippen molar-refractivity contribution in [2.45, 2.75) is 25.8 Å². The van der Waals surface area contributed by atoms with Crippen LogP contribution in [-0.4, -0.2) is 58.0 Å². The Bertz CT molecular complexity index is 1250. The molecule has 0 amide bonds. The molecule has 3 aromatic rings. The summed E-state index contributed by atoms with van der Waals surface area (Å²) in [5.41, 5.74) is 4.43. The number of pyridine rings is 1. The van der Waals surface area contributed by atoms with Crippen LogP contribution in [0.4, 0.5) is 4.79 Å². The third kappa shape index (κ3) is 5.33. The van der Waals surface area contributed by atoms with Gasteiger partial charge in [-0.25, -0.2) is 4.79 Å². The summed E-state index contributed by atoms with van der Waals surface area (Å²) in [5.74, 6) is -0.982. The number of aromatic nitrogens is 2. The Morgan fingerprint density at radius 2 is 1.97 bits per heavy atom. The van der Waals surface area contributed by atoms with Gasteiger partial charge in [0, 0.05) is 54.4 Å². The Kier molecular flexibility index (Phi) is 9.02. The maximum absolute atomic E-state index is 12.5. The summed E-state index contributed by atoms with van der Waals surface area (Å²) in [7, 11) is 6.14. The van der Waals surface area contributed by atoms with Gasteiger partial charge in [0.25, 0.3) is 5.56 Å². The molecule has 0 radical (unpaired) electrons. The number of hydrogen-bond acceptors (Lipinski definition) is 6. The van der Waals surface area contributed by atoms with Crippen LogP contribution < -0.4 is 15.6 Å². The van der Waals surface area contributed by atoms with Crippen molar-refractivity contribution in [1.82, 2.24) is 19.8 Å². The molecule has 0 bridgehead atoms. The Hall–Kier alpha value is -2.72. The van der Waals surface area contributed by atoms with E-state index in [1.54, 1.807) is 0 Å². The molecule has 1 aromatic carbocycles. The maximum Gasteiger partial charge on any atom is 0.511 e. The second-order valence-corrected chi connectivity index (χ2v) is 8.45. The van der Waals surface area contributed by atoms with E-state index in [1.807, 2.05) is 27.2 Å². The largest absolute Gasteiger partial charge is 0.511 e. The molecule has 4 rings (SSSR count). The number of carbonyl (C=O) groups is 1. The first-order chi connectivity index (χ1) is 15.3. The number of nitrogens with one attached hydrogen (secondary N) is 2. The van der Waals surface area contributed by atoms with Crippen LogP contribution in [0.2, 0.25) is 0 Å². The summed E-state index contributed by atoms with van der Waals surface area (Å²) in [4.78, 5) is 28.3. The Labute approximate surface area is 209 Å². The predicted molar refractivity (Wildman–Crippen MR) is 136 cm³/mol.